The van der Waals surface area contributed by atoms with Gasteiger partial charge in [-0.15, -0.1) is 0 Å². The Labute approximate surface area is 120 Å². The van der Waals surface area contributed by atoms with Gasteiger partial charge in [-0.05, 0) is 30.7 Å². The number of sulfone groups is 1. The maximum Gasteiger partial charge on any atom is 0.150 e. The quantitative estimate of drug-likeness (QED) is 0.825. The summed E-state index contributed by atoms with van der Waals surface area (Å²) in [5.41, 5.74) is 5.86. The Kier molecular flexibility index (Phi) is 4.80. The monoisotopic (exact) mass is 300 g/mol. The molecule has 0 radical (unpaired) electrons. The van der Waals surface area contributed by atoms with Gasteiger partial charge in [-0.1, -0.05) is 13.8 Å². The minimum atomic E-state index is -2.86. The molecule has 2 heterocycles. The van der Waals surface area contributed by atoms with Crippen molar-refractivity contribution in [2.45, 2.75) is 33.2 Å². The summed E-state index contributed by atoms with van der Waals surface area (Å²) in [5, 5.41) is 4.25. The molecular formula is C13H24N4O2S. The lowest BCUT2D eigenvalue weighted by Gasteiger charge is -2.20. The first-order chi connectivity index (χ1) is 9.41. The van der Waals surface area contributed by atoms with E-state index < -0.39 is 9.84 Å². The molecule has 2 unspecified atom stereocenters. The third-order valence-electron chi connectivity index (χ3n) is 3.92. The summed E-state index contributed by atoms with van der Waals surface area (Å²) in [7, 11) is -2.86. The molecule has 1 saturated heterocycles. The van der Waals surface area contributed by atoms with Gasteiger partial charge in [0.25, 0.3) is 0 Å². The summed E-state index contributed by atoms with van der Waals surface area (Å²) in [6.45, 7) is 5.59. The van der Waals surface area contributed by atoms with Gasteiger partial charge in [0.2, 0.25) is 0 Å². The van der Waals surface area contributed by atoms with E-state index in [4.69, 9.17) is 5.73 Å². The molecule has 1 aliphatic heterocycles. The van der Waals surface area contributed by atoms with E-state index in [1.165, 1.54) is 0 Å². The van der Waals surface area contributed by atoms with Crippen LogP contribution in [0.15, 0.2) is 6.33 Å². The molecule has 20 heavy (non-hydrogen) atoms. The second kappa shape index (κ2) is 6.22. The molecule has 1 aromatic heterocycles. The summed E-state index contributed by atoms with van der Waals surface area (Å²) >= 11 is 0. The Morgan fingerprint density at radius 1 is 1.50 bits per heavy atom. The van der Waals surface area contributed by atoms with Crippen LogP contribution in [0.4, 0.5) is 0 Å². The summed E-state index contributed by atoms with van der Waals surface area (Å²) in [4.78, 5) is 4.31. The van der Waals surface area contributed by atoms with Crippen LogP contribution in [-0.4, -0.2) is 41.2 Å². The van der Waals surface area contributed by atoms with Gasteiger partial charge >= 0.3 is 0 Å². The average molecular weight is 300 g/mol. The highest BCUT2D eigenvalue weighted by atomic mass is 32.2. The van der Waals surface area contributed by atoms with E-state index in [-0.39, 0.29) is 17.6 Å². The van der Waals surface area contributed by atoms with Crippen molar-refractivity contribution in [2.75, 3.05) is 18.1 Å². The Morgan fingerprint density at radius 2 is 2.25 bits per heavy atom. The topological polar surface area (TPSA) is 90.9 Å². The van der Waals surface area contributed by atoms with E-state index in [9.17, 15) is 8.42 Å². The molecule has 0 aromatic carbocycles. The van der Waals surface area contributed by atoms with Crippen LogP contribution in [0.2, 0.25) is 0 Å². The second-order valence-electron chi connectivity index (χ2n) is 6.12. The summed E-state index contributed by atoms with van der Waals surface area (Å²) in [5.74, 6) is 2.31. The van der Waals surface area contributed by atoms with Gasteiger partial charge in [0, 0.05) is 13.0 Å². The SMILES string of the molecule is CC(C)Cn1ncnc1CC(CN)C1CCS(=O)(=O)C1. The summed E-state index contributed by atoms with van der Waals surface area (Å²) in [6.07, 6.45) is 3.00. The van der Waals surface area contributed by atoms with Gasteiger partial charge < -0.3 is 5.73 Å². The highest BCUT2D eigenvalue weighted by molar-refractivity contribution is 7.91. The minimum Gasteiger partial charge on any atom is -0.330 e. The first kappa shape index (κ1) is 15.4. The zero-order valence-electron chi connectivity index (χ0n) is 12.2. The van der Waals surface area contributed by atoms with Crippen molar-refractivity contribution >= 4 is 9.84 Å². The Morgan fingerprint density at radius 3 is 2.80 bits per heavy atom. The number of rotatable bonds is 6. The fourth-order valence-electron chi connectivity index (χ4n) is 2.82. The first-order valence-corrected chi connectivity index (χ1v) is 9.00. The highest BCUT2D eigenvalue weighted by Crippen LogP contribution is 2.27. The maximum absolute atomic E-state index is 11.6. The normalized spacial score (nSPS) is 23.3. The molecule has 2 atom stereocenters. The fraction of sp³-hybridized carbons (Fsp3) is 0.846. The molecule has 2 rings (SSSR count). The minimum absolute atomic E-state index is 0.161. The second-order valence-corrected chi connectivity index (χ2v) is 8.34. The molecule has 1 aliphatic rings. The van der Waals surface area contributed by atoms with Crippen molar-refractivity contribution in [2.24, 2.45) is 23.5 Å². The lowest BCUT2D eigenvalue weighted by molar-refractivity contribution is 0.352. The van der Waals surface area contributed by atoms with E-state index >= 15 is 0 Å². The Bertz CT molecular complexity index is 538. The third kappa shape index (κ3) is 3.79. The van der Waals surface area contributed by atoms with E-state index in [2.05, 4.69) is 23.9 Å². The molecule has 1 aromatic rings. The average Bonchev–Trinajstić information content (AvgIpc) is 2.92. The van der Waals surface area contributed by atoms with Crippen molar-refractivity contribution in [3.8, 4) is 0 Å². The molecule has 0 bridgehead atoms. The zero-order chi connectivity index (χ0) is 14.8. The predicted molar refractivity (Wildman–Crippen MR) is 77.9 cm³/mol. The van der Waals surface area contributed by atoms with Crippen LogP contribution in [0.25, 0.3) is 0 Å². The van der Waals surface area contributed by atoms with Gasteiger partial charge in [-0.25, -0.2) is 18.1 Å². The Hall–Kier alpha value is -0.950. The molecular weight excluding hydrogens is 276 g/mol. The van der Waals surface area contributed by atoms with Crippen LogP contribution >= 0.6 is 0 Å². The lowest BCUT2D eigenvalue weighted by Crippen LogP contribution is -2.28. The van der Waals surface area contributed by atoms with Crippen LogP contribution < -0.4 is 5.73 Å². The molecule has 1 fully saturated rings. The highest BCUT2D eigenvalue weighted by Gasteiger charge is 2.33. The van der Waals surface area contributed by atoms with Crippen molar-refractivity contribution < 1.29 is 8.42 Å². The van der Waals surface area contributed by atoms with Crippen LogP contribution in [0, 0.1) is 17.8 Å². The molecule has 0 saturated carbocycles. The van der Waals surface area contributed by atoms with Crippen LogP contribution in [0.1, 0.15) is 26.1 Å². The van der Waals surface area contributed by atoms with Crippen molar-refractivity contribution in [1.82, 2.24) is 14.8 Å². The number of nitrogens with zero attached hydrogens (tertiary/aromatic N) is 3. The van der Waals surface area contributed by atoms with E-state index in [0.717, 1.165) is 18.8 Å². The largest absolute Gasteiger partial charge is 0.330 e. The summed E-state index contributed by atoms with van der Waals surface area (Å²) in [6, 6.07) is 0. The number of hydrogen-bond acceptors (Lipinski definition) is 5. The molecule has 6 nitrogen and oxygen atoms in total. The Balaban J connectivity index is 2.05. The van der Waals surface area contributed by atoms with Crippen molar-refractivity contribution in [1.29, 1.82) is 0 Å². The van der Waals surface area contributed by atoms with Crippen LogP contribution in [0.5, 0.6) is 0 Å². The smallest absolute Gasteiger partial charge is 0.150 e. The van der Waals surface area contributed by atoms with E-state index in [1.54, 1.807) is 6.33 Å². The molecule has 2 N–H and O–H groups in total. The van der Waals surface area contributed by atoms with Crippen LogP contribution in [0.3, 0.4) is 0 Å². The molecule has 114 valence electrons. The van der Waals surface area contributed by atoms with Gasteiger partial charge in [0.1, 0.15) is 12.2 Å². The molecule has 0 aliphatic carbocycles. The molecule has 0 spiro atoms. The molecule has 0 amide bonds. The fourth-order valence-corrected chi connectivity index (χ4v) is 4.74. The van der Waals surface area contributed by atoms with E-state index in [1.807, 2.05) is 4.68 Å². The van der Waals surface area contributed by atoms with Gasteiger partial charge in [-0.2, -0.15) is 5.10 Å². The van der Waals surface area contributed by atoms with Crippen molar-refractivity contribution in [3.05, 3.63) is 12.2 Å². The van der Waals surface area contributed by atoms with Gasteiger partial charge in [0.15, 0.2) is 9.84 Å². The molecule has 7 heteroatoms. The lowest BCUT2D eigenvalue weighted by atomic mass is 9.89. The first-order valence-electron chi connectivity index (χ1n) is 7.18. The number of aromatic nitrogens is 3. The van der Waals surface area contributed by atoms with Gasteiger partial charge in [-0.3, -0.25) is 0 Å². The number of nitrogens with two attached hydrogens (primary N) is 1. The van der Waals surface area contributed by atoms with Crippen LogP contribution in [-0.2, 0) is 22.8 Å². The predicted octanol–water partition coefficient (Wildman–Crippen LogP) is 0.486. The standard InChI is InChI=1S/C13H24N4O2S/c1-10(2)7-17-13(15-9-16-17)5-12(6-14)11-3-4-20(18,19)8-11/h9-12H,3-8,14H2,1-2H3. The number of hydrogen-bond donors (Lipinski definition) is 1. The third-order valence-corrected chi connectivity index (χ3v) is 5.71. The maximum atomic E-state index is 11.6. The van der Waals surface area contributed by atoms with Crippen molar-refractivity contribution in [3.63, 3.8) is 0 Å². The summed E-state index contributed by atoms with van der Waals surface area (Å²) < 4.78 is 25.1. The zero-order valence-corrected chi connectivity index (χ0v) is 13.0. The van der Waals surface area contributed by atoms with Gasteiger partial charge in [0.05, 0.1) is 11.5 Å². The van der Waals surface area contributed by atoms with E-state index in [0.29, 0.717) is 24.6 Å².